The molecular formula is C13H5Cl2F4N. The molecule has 0 bridgehead atoms. The number of nitrogens with zero attached hydrogens (tertiary/aromatic N) is 1. The van der Waals surface area contributed by atoms with E-state index in [1.165, 1.54) is 12.1 Å². The predicted octanol–water partition coefficient (Wildman–Crippen LogP) is 5.30. The monoisotopic (exact) mass is 321 g/mol. The molecule has 0 spiro atoms. The number of hydrogen-bond acceptors (Lipinski definition) is 1. The molecule has 0 atom stereocenters. The smallest absolute Gasteiger partial charge is 0.189 e. The van der Waals surface area contributed by atoms with Crippen molar-refractivity contribution < 1.29 is 17.6 Å². The van der Waals surface area contributed by atoms with Gasteiger partial charge in [-0.25, -0.2) is 22.6 Å². The summed E-state index contributed by atoms with van der Waals surface area (Å²) in [5.41, 5.74) is -0.770. The number of benzene rings is 2. The van der Waals surface area contributed by atoms with E-state index in [1.807, 2.05) is 0 Å². The zero-order valence-corrected chi connectivity index (χ0v) is 11.1. The lowest BCUT2D eigenvalue weighted by atomic mass is 10.2. The number of rotatable bonds is 2. The van der Waals surface area contributed by atoms with E-state index in [2.05, 4.69) is 4.99 Å². The van der Waals surface area contributed by atoms with E-state index in [1.54, 1.807) is 12.1 Å². The van der Waals surface area contributed by atoms with Gasteiger partial charge in [-0.05, 0) is 6.07 Å². The SMILES string of the molecule is Fc1c(F)c(N=Cc2ccccc2Cl)c(F)c(F)c1Cl. The van der Waals surface area contributed by atoms with Crippen LogP contribution in [0.4, 0.5) is 23.2 Å². The van der Waals surface area contributed by atoms with Crippen molar-refractivity contribution >= 4 is 35.1 Å². The average Bonchev–Trinajstić information content (AvgIpc) is 2.45. The van der Waals surface area contributed by atoms with Crippen LogP contribution in [0.15, 0.2) is 29.3 Å². The van der Waals surface area contributed by atoms with Crippen LogP contribution in [0.5, 0.6) is 0 Å². The first-order valence-corrected chi connectivity index (χ1v) is 5.99. The van der Waals surface area contributed by atoms with Crippen LogP contribution in [0.3, 0.4) is 0 Å². The third-order valence-corrected chi connectivity index (χ3v) is 3.10. The molecule has 2 rings (SSSR count). The second-order valence-electron chi connectivity index (χ2n) is 3.70. The molecule has 0 aromatic heterocycles. The number of aliphatic imine (C=N–C) groups is 1. The average molecular weight is 322 g/mol. The van der Waals surface area contributed by atoms with Crippen LogP contribution < -0.4 is 0 Å². The minimum atomic E-state index is -1.70. The summed E-state index contributed by atoms with van der Waals surface area (Å²) in [5, 5.41) is -0.983. The predicted molar refractivity (Wildman–Crippen MR) is 70.0 cm³/mol. The summed E-state index contributed by atoms with van der Waals surface area (Å²) in [6.45, 7) is 0. The minimum Gasteiger partial charge on any atom is -0.250 e. The maximum atomic E-state index is 13.5. The molecule has 0 aliphatic carbocycles. The normalized spacial score (nSPS) is 11.3. The van der Waals surface area contributed by atoms with E-state index in [0.717, 1.165) is 6.21 Å². The van der Waals surface area contributed by atoms with Crippen molar-refractivity contribution in [2.75, 3.05) is 0 Å². The van der Waals surface area contributed by atoms with E-state index < -0.39 is 34.0 Å². The fraction of sp³-hybridized carbons (Fsp3) is 0. The Labute approximate surface area is 121 Å². The summed E-state index contributed by atoms with van der Waals surface area (Å²) in [6, 6.07) is 6.30. The lowest BCUT2D eigenvalue weighted by Gasteiger charge is -2.04. The third kappa shape index (κ3) is 2.64. The molecule has 20 heavy (non-hydrogen) atoms. The van der Waals surface area contributed by atoms with Crippen molar-refractivity contribution in [2.45, 2.75) is 0 Å². The molecule has 7 heteroatoms. The lowest BCUT2D eigenvalue weighted by molar-refractivity contribution is 0.458. The summed E-state index contributed by atoms with van der Waals surface area (Å²) in [7, 11) is 0. The molecular weight excluding hydrogens is 317 g/mol. The Kier molecular flexibility index (Phi) is 4.30. The van der Waals surface area contributed by atoms with Gasteiger partial charge in [0.1, 0.15) is 10.7 Å². The highest BCUT2D eigenvalue weighted by Crippen LogP contribution is 2.32. The van der Waals surface area contributed by atoms with Crippen LogP contribution in [-0.2, 0) is 0 Å². The Morgan fingerprint density at radius 1 is 0.850 bits per heavy atom. The van der Waals surface area contributed by atoms with Gasteiger partial charge in [-0.2, -0.15) is 0 Å². The molecule has 0 fully saturated rings. The highest BCUT2D eigenvalue weighted by atomic mass is 35.5. The van der Waals surface area contributed by atoms with E-state index in [0.29, 0.717) is 5.56 Å². The first-order chi connectivity index (χ1) is 9.43. The molecule has 0 saturated carbocycles. The number of halogens is 6. The second kappa shape index (κ2) is 5.81. The lowest BCUT2D eigenvalue weighted by Crippen LogP contribution is -1.97. The topological polar surface area (TPSA) is 12.4 Å². The molecule has 1 nitrogen and oxygen atoms in total. The van der Waals surface area contributed by atoms with Gasteiger partial charge < -0.3 is 0 Å². The van der Waals surface area contributed by atoms with Gasteiger partial charge in [-0.3, -0.25) is 0 Å². The fourth-order valence-corrected chi connectivity index (χ4v) is 1.77. The van der Waals surface area contributed by atoms with Crippen molar-refractivity contribution in [3.63, 3.8) is 0 Å². The van der Waals surface area contributed by atoms with Crippen LogP contribution in [0.25, 0.3) is 0 Å². The maximum absolute atomic E-state index is 13.5. The summed E-state index contributed by atoms with van der Waals surface area (Å²) in [4.78, 5) is 3.40. The Bertz CT molecular complexity index is 672. The van der Waals surface area contributed by atoms with Crippen LogP contribution in [0, 0.1) is 23.3 Å². The van der Waals surface area contributed by atoms with Crippen LogP contribution in [-0.4, -0.2) is 6.21 Å². The molecule has 2 aromatic rings. The summed E-state index contributed by atoms with van der Waals surface area (Å²) < 4.78 is 53.4. The van der Waals surface area contributed by atoms with Gasteiger partial charge in [0.15, 0.2) is 23.3 Å². The standard InChI is InChI=1S/C13H5Cl2F4N/c14-7-4-2-1-3-6(7)5-20-13-11(18)9(16)8(15)10(17)12(13)19/h1-5H. The molecule has 0 amide bonds. The van der Waals surface area contributed by atoms with E-state index in [4.69, 9.17) is 23.2 Å². The van der Waals surface area contributed by atoms with E-state index in [9.17, 15) is 17.6 Å². The molecule has 0 radical (unpaired) electrons. The molecule has 104 valence electrons. The van der Waals surface area contributed by atoms with Crippen LogP contribution >= 0.6 is 23.2 Å². The molecule has 2 aromatic carbocycles. The quantitative estimate of drug-likeness (QED) is 0.308. The Morgan fingerprint density at radius 3 is 1.95 bits per heavy atom. The Morgan fingerprint density at radius 2 is 1.40 bits per heavy atom. The zero-order valence-electron chi connectivity index (χ0n) is 9.60. The van der Waals surface area contributed by atoms with Crippen molar-refractivity contribution in [1.29, 1.82) is 0 Å². The van der Waals surface area contributed by atoms with Crippen LogP contribution in [0.1, 0.15) is 5.56 Å². The van der Waals surface area contributed by atoms with Crippen LogP contribution in [0.2, 0.25) is 10.0 Å². The second-order valence-corrected chi connectivity index (χ2v) is 4.48. The molecule has 0 aliphatic heterocycles. The highest BCUT2D eigenvalue weighted by molar-refractivity contribution is 6.33. The molecule has 0 saturated heterocycles. The fourth-order valence-electron chi connectivity index (χ4n) is 1.42. The van der Waals surface area contributed by atoms with Crippen molar-refractivity contribution in [3.8, 4) is 0 Å². The summed E-state index contributed by atoms with van der Waals surface area (Å²) in [5.74, 6) is -6.73. The Hall–Kier alpha value is -1.59. The first kappa shape index (κ1) is 14.8. The van der Waals surface area contributed by atoms with Crippen molar-refractivity contribution in [2.24, 2.45) is 4.99 Å². The van der Waals surface area contributed by atoms with E-state index in [-0.39, 0.29) is 5.02 Å². The van der Waals surface area contributed by atoms with Gasteiger partial charge in [0, 0.05) is 16.8 Å². The van der Waals surface area contributed by atoms with Gasteiger partial charge in [0.2, 0.25) is 0 Å². The third-order valence-electron chi connectivity index (χ3n) is 2.42. The van der Waals surface area contributed by atoms with Gasteiger partial charge in [-0.15, -0.1) is 0 Å². The van der Waals surface area contributed by atoms with Gasteiger partial charge in [-0.1, -0.05) is 41.4 Å². The van der Waals surface area contributed by atoms with Gasteiger partial charge in [0.05, 0.1) is 0 Å². The first-order valence-electron chi connectivity index (χ1n) is 5.23. The summed E-state index contributed by atoms with van der Waals surface area (Å²) in [6.07, 6.45) is 0.997. The summed E-state index contributed by atoms with van der Waals surface area (Å²) >= 11 is 10.9. The van der Waals surface area contributed by atoms with Crippen molar-refractivity contribution in [1.82, 2.24) is 0 Å². The van der Waals surface area contributed by atoms with Crippen molar-refractivity contribution in [3.05, 3.63) is 63.1 Å². The van der Waals surface area contributed by atoms with Gasteiger partial charge >= 0.3 is 0 Å². The largest absolute Gasteiger partial charge is 0.250 e. The molecule has 0 aliphatic rings. The Balaban J connectivity index is 2.53. The maximum Gasteiger partial charge on any atom is 0.189 e. The zero-order chi connectivity index (χ0) is 14.9. The minimum absolute atomic E-state index is 0.270. The van der Waals surface area contributed by atoms with E-state index >= 15 is 0 Å². The molecule has 0 heterocycles. The highest BCUT2D eigenvalue weighted by Gasteiger charge is 2.23. The number of hydrogen-bond donors (Lipinski definition) is 0. The molecule has 0 unspecified atom stereocenters. The van der Waals surface area contributed by atoms with Gasteiger partial charge in [0.25, 0.3) is 0 Å². The molecule has 0 N–H and O–H groups in total.